The molecule has 0 fully saturated rings. The summed E-state index contributed by atoms with van der Waals surface area (Å²) in [6.07, 6.45) is -3.72. The summed E-state index contributed by atoms with van der Waals surface area (Å²) in [6.45, 7) is 0. The van der Waals surface area contributed by atoms with Gasteiger partial charge in [0.1, 0.15) is 0 Å². The fourth-order valence-electron chi connectivity index (χ4n) is 2.51. The van der Waals surface area contributed by atoms with Gasteiger partial charge in [-0.3, -0.25) is 5.43 Å². The number of rotatable bonds is 0. The quantitative estimate of drug-likeness (QED) is 0.713. The first-order valence-corrected chi connectivity index (χ1v) is 5.98. The summed E-state index contributed by atoms with van der Waals surface area (Å²) in [5.74, 6) is 0. The molecule has 5 nitrogen and oxygen atoms in total. The van der Waals surface area contributed by atoms with Gasteiger partial charge in [0.2, 0.25) is 0 Å². The van der Waals surface area contributed by atoms with Crippen LogP contribution in [0.4, 0.5) is 18.0 Å². The van der Waals surface area contributed by atoms with Gasteiger partial charge in [0, 0.05) is 11.3 Å². The number of nitrogens with zero attached hydrogens (tertiary/aromatic N) is 1. The van der Waals surface area contributed by atoms with E-state index in [-0.39, 0.29) is 22.7 Å². The lowest BCUT2D eigenvalue weighted by molar-refractivity contribution is -0.290. The fraction of sp³-hybridized carbons (Fsp3) is 0.727. The van der Waals surface area contributed by atoms with E-state index in [0.717, 1.165) is 20.0 Å². The molecule has 0 bridgehead atoms. The van der Waals surface area contributed by atoms with Gasteiger partial charge in [-0.2, -0.15) is 18.2 Å². The van der Waals surface area contributed by atoms with Crippen molar-refractivity contribution in [1.82, 2.24) is 10.4 Å². The van der Waals surface area contributed by atoms with E-state index in [1.54, 1.807) is 0 Å². The number of aliphatic hydroxyl groups is 1. The van der Waals surface area contributed by atoms with Crippen LogP contribution in [-0.4, -0.2) is 35.2 Å². The molecule has 0 aromatic carbocycles. The molecule has 1 atom stereocenters. The number of allylic oxidation sites excluding steroid dienone is 1. The maximum atomic E-state index is 13.2. The van der Waals surface area contributed by atoms with Gasteiger partial charge in [-0.1, -0.05) is 6.42 Å². The van der Waals surface area contributed by atoms with Crippen molar-refractivity contribution in [2.45, 2.75) is 44.0 Å². The zero-order chi connectivity index (χ0) is 14.3. The fourth-order valence-corrected chi connectivity index (χ4v) is 2.51. The average Bonchev–Trinajstić information content (AvgIpc) is 2.53. The Labute approximate surface area is 108 Å². The van der Waals surface area contributed by atoms with Gasteiger partial charge < -0.3 is 9.84 Å². The minimum absolute atomic E-state index is 0.103. The Morgan fingerprint density at radius 3 is 2.58 bits per heavy atom. The van der Waals surface area contributed by atoms with Crippen LogP contribution in [0.25, 0.3) is 0 Å². The summed E-state index contributed by atoms with van der Waals surface area (Å²) < 4.78 is 44.0. The molecule has 8 heteroatoms. The Morgan fingerprint density at radius 2 is 2.00 bits per heavy atom. The first-order chi connectivity index (χ1) is 8.82. The number of halogens is 3. The van der Waals surface area contributed by atoms with Crippen LogP contribution in [0.5, 0.6) is 0 Å². The smallest absolute Gasteiger partial charge is 0.443 e. The molecule has 0 spiro atoms. The van der Waals surface area contributed by atoms with Crippen molar-refractivity contribution < 1.29 is 27.8 Å². The van der Waals surface area contributed by atoms with Crippen molar-refractivity contribution in [3.63, 3.8) is 0 Å². The number of hydrazine groups is 1. The molecule has 0 aromatic heterocycles. The summed E-state index contributed by atoms with van der Waals surface area (Å²) in [5.41, 5.74) is -0.882. The molecule has 2 aliphatic rings. The average molecular weight is 280 g/mol. The second-order valence-electron chi connectivity index (χ2n) is 4.60. The van der Waals surface area contributed by atoms with Crippen LogP contribution in [0.1, 0.15) is 32.1 Å². The van der Waals surface area contributed by atoms with E-state index in [0.29, 0.717) is 12.8 Å². The molecule has 0 aromatic rings. The van der Waals surface area contributed by atoms with E-state index in [4.69, 9.17) is 0 Å². The van der Waals surface area contributed by atoms with Crippen LogP contribution in [0, 0.1) is 0 Å². The van der Waals surface area contributed by atoms with Crippen molar-refractivity contribution in [3.8, 4) is 0 Å². The van der Waals surface area contributed by atoms with Crippen LogP contribution < -0.4 is 5.43 Å². The third kappa shape index (κ3) is 2.03. The highest BCUT2D eigenvalue weighted by molar-refractivity contribution is 5.70. The molecule has 108 valence electrons. The molecule has 2 rings (SSSR count). The normalized spacial score (nSPS) is 27.7. The number of nitrogens with one attached hydrogen (secondary N) is 1. The molecule has 19 heavy (non-hydrogen) atoms. The van der Waals surface area contributed by atoms with Crippen LogP contribution in [0.15, 0.2) is 11.3 Å². The summed E-state index contributed by atoms with van der Waals surface area (Å²) in [6, 6.07) is 0. The first kappa shape index (κ1) is 14.0. The molecule has 0 saturated heterocycles. The predicted octanol–water partition coefficient (Wildman–Crippen LogP) is 2.04. The number of methoxy groups -OCH3 is 1. The summed E-state index contributed by atoms with van der Waals surface area (Å²) >= 11 is 0. The molecule has 1 amide bonds. The minimum atomic E-state index is -4.99. The van der Waals surface area contributed by atoms with E-state index in [9.17, 15) is 23.1 Å². The van der Waals surface area contributed by atoms with Gasteiger partial charge in [0.25, 0.3) is 5.72 Å². The van der Waals surface area contributed by atoms with Gasteiger partial charge >= 0.3 is 12.3 Å². The zero-order valence-electron chi connectivity index (χ0n) is 10.4. The lowest BCUT2D eigenvalue weighted by Gasteiger charge is -2.35. The molecule has 1 aliphatic heterocycles. The van der Waals surface area contributed by atoms with E-state index in [1.807, 2.05) is 0 Å². The number of alkyl halides is 3. The number of carbonyl (C=O) groups excluding carboxylic acids is 1. The molecule has 0 saturated carbocycles. The van der Waals surface area contributed by atoms with Crippen molar-refractivity contribution >= 4 is 6.09 Å². The highest BCUT2D eigenvalue weighted by Gasteiger charge is 2.66. The van der Waals surface area contributed by atoms with E-state index in [1.165, 1.54) is 0 Å². The lowest BCUT2D eigenvalue weighted by Crippen LogP contribution is -2.62. The third-order valence-corrected chi connectivity index (χ3v) is 3.46. The van der Waals surface area contributed by atoms with Crippen molar-refractivity contribution in [3.05, 3.63) is 11.3 Å². The molecule has 1 heterocycles. The lowest BCUT2D eigenvalue weighted by atomic mass is 9.97. The molecule has 0 radical (unpaired) electrons. The number of carbonyl (C=O) groups is 1. The molecular weight excluding hydrogens is 265 g/mol. The van der Waals surface area contributed by atoms with Crippen molar-refractivity contribution in [1.29, 1.82) is 0 Å². The minimum Gasteiger partial charge on any atom is -0.451 e. The predicted molar refractivity (Wildman–Crippen MR) is 58.5 cm³/mol. The largest absolute Gasteiger partial charge is 0.451 e. The monoisotopic (exact) mass is 280 g/mol. The molecule has 1 aliphatic carbocycles. The maximum absolute atomic E-state index is 13.2. The van der Waals surface area contributed by atoms with Crippen LogP contribution >= 0.6 is 0 Å². The van der Waals surface area contributed by atoms with Gasteiger partial charge in [-0.25, -0.2) is 4.79 Å². The standard InChI is InChI=1S/C11H15F3N2O3/c1-19-9(17)16-10(18,11(12,13)14)7-5-3-2-4-6-8(7)15-16/h15,18H,2-6H2,1H3. The highest BCUT2D eigenvalue weighted by atomic mass is 19.4. The Hall–Kier alpha value is -1.44. The van der Waals surface area contributed by atoms with Crippen LogP contribution in [-0.2, 0) is 4.74 Å². The van der Waals surface area contributed by atoms with E-state index < -0.39 is 18.0 Å². The molecule has 2 N–H and O–H groups in total. The Balaban J connectivity index is 2.45. The summed E-state index contributed by atoms with van der Waals surface area (Å²) in [5, 5.41) is 10.2. The van der Waals surface area contributed by atoms with Crippen molar-refractivity contribution in [2.24, 2.45) is 0 Å². The first-order valence-electron chi connectivity index (χ1n) is 5.98. The van der Waals surface area contributed by atoms with Gasteiger partial charge in [0.15, 0.2) is 0 Å². The molecule has 1 unspecified atom stereocenters. The van der Waals surface area contributed by atoms with Gasteiger partial charge in [0.05, 0.1) is 7.11 Å². The van der Waals surface area contributed by atoms with Gasteiger partial charge in [-0.15, -0.1) is 0 Å². The second kappa shape index (κ2) is 4.59. The topological polar surface area (TPSA) is 61.8 Å². The molecular formula is C11H15F3N2O3. The van der Waals surface area contributed by atoms with Crippen LogP contribution in [0.2, 0.25) is 0 Å². The third-order valence-electron chi connectivity index (χ3n) is 3.46. The number of hydrogen-bond acceptors (Lipinski definition) is 4. The zero-order valence-corrected chi connectivity index (χ0v) is 10.4. The Bertz CT molecular complexity index is 422. The van der Waals surface area contributed by atoms with Crippen molar-refractivity contribution in [2.75, 3.05) is 7.11 Å². The van der Waals surface area contributed by atoms with E-state index in [2.05, 4.69) is 10.2 Å². The number of hydrogen-bond donors (Lipinski definition) is 2. The van der Waals surface area contributed by atoms with Crippen LogP contribution in [0.3, 0.4) is 0 Å². The van der Waals surface area contributed by atoms with Gasteiger partial charge in [-0.05, 0) is 25.7 Å². The Kier molecular flexibility index (Phi) is 3.38. The highest BCUT2D eigenvalue weighted by Crippen LogP contribution is 2.46. The van der Waals surface area contributed by atoms with E-state index >= 15 is 0 Å². The summed E-state index contributed by atoms with van der Waals surface area (Å²) in [4.78, 5) is 11.5. The second-order valence-corrected chi connectivity index (χ2v) is 4.60. The number of amides is 1. The maximum Gasteiger partial charge on any atom is 0.443 e. The summed E-state index contributed by atoms with van der Waals surface area (Å²) in [7, 11) is 0.963. The number of ether oxygens (including phenoxy) is 1. The SMILES string of the molecule is COC(=O)N1NC2=C(CCCCC2)C1(O)C(F)(F)F. The Morgan fingerprint density at radius 1 is 1.37 bits per heavy atom.